The average molecular weight is 336 g/mol. The molecule has 0 aliphatic rings. The first-order valence-corrected chi connectivity index (χ1v) is 7.01. The van der Waals surface area contributed by atoms with Gasteiger partial charge in [0.25, 0.3) is 5.91 Å². The Morgan fingerprint density at radius 1 is 1.25 bits per heavy atom. The van der Waals surface area contributed by atoms with E-state index in [-0.39, 0.29) is 12.2 Å². The van der Waals surface area contributed by atoms with E-state index in [1.54, 1.807) is 31.5 Å². The minimum absolute atomic E-state index is 0.202. The zero-order valence-corrected chi connectivity index (χ0v) is 12.8. The van der Waals surface area contributed by atoms with Crippen LogP contribution in [0, 0.1) is 0 Å². The van der Waals surface area contributed by atoms with Gasteiger partial charge in [-0.25, -0.2) is 5.43 Å². The molecule has 0 unspecified atom stereocenters. The van der Waals surface area contributed by atoms with Crippen LogP contribution in [0.1, 0.15) is 18.1 Å². The van der Waals surface area contributed by atoms with Crippen LogP contribution in [-0.2, 0) is 11.0 Å². The summed E-state index contributed by atoms with van der Waals surface area (Å²) in [6.45, 7) is 1.50. The van der Waals surface area contributed by atoms with E-state index in [0.29, 0.717) is 5.71 Å². The van der Waals surface area contributed by atoms with Crippen LogP contribution in [0.15, 0.2) is 53.9 Å². The molecule has 0 bridgehead atoms. The third kappa shape index (κ3) is 5.08. The lowest BCUT2D eigenvalue weighted by molar-refractivity contribution is -0.137. The number of hydrogen-bond acceptors (Lipinski definition) is 4. The van der Waals surface area contributed by atoms with Crippen molar-refractivity contribution in [3.63, 3.8) is 0 Å². The van der Waals surface area contributed by atoms with E-state index < -0.39 is 17.6 Å². The van der Waals surface area contributed by atoms with Crippen molar-refractivity contribution in [3.8, 4) is 0 Å². The summed E-state index contributed by atoms with van der Waals surface area (Å²) in [6, 6.07) is 8.16. The van der Waals surface area contributed by atoms with Crippen molar-refractivity contribution >= 4 is 17.3 Å². The summed E-state index contributed by atoms with van der Waals surface area (Å²) < 4.78 is 37.8. The van der Waals surface area contributed by atoms with Gasteiger partial charge in [0, 0.05) is 23.6 Å². The molecule has 2 N–H and O–H groups in total. The highest BCUT2D eigenvalue weighted by Crippen LogP contribution is 2.30. The van der Waals surface area contributed by atoms with Crippen molar-refractivity contribution in [3.05, 3.63) is 59.9 Å². The number of halogens is 3. The van der Waals surface area contributed by atoms with Crippen LogP contribution in [0.4, 0.5) is 18.9 Å². The number of nitrogens with zero attached hydrogens (tertiary/aromatic N) is 2. The number of pyridine rings is 1. The number of alkyl halides is 3. The predicted molar refractivity (Wildman–Crippen MR) is 84.5 cm³/mol. The number of amides is 1. The summed E-state index contributed by atoms with van der Waals surface area (Å²) in [5.41, 5.74) is 3.07. The Bertz CT molecular complexity index is 730. The minimum atomic E-state index is -4.43. The molecular formula is C16H15F3N4O. The zero-order chi connectivity index (χ0) is 17.6. The van der Waals surface area contributed by atoms with Crippen LogP contribution in [0.2, 0.25) is 0 Å². The third-order valence-electron chi connectivity index (χ3n) is 3.07. The van der Waals surface area contributed by atoms with Crippen LogP contribution in [0.3, 0.4) is 0 Å². The highest BCUT2D eigenvalue weighted by atomic mass is 19.4. The van der Waals surface area contributed by atoms with Gasteiger partial charge in [0.15, 0.2) is 0 Å². The van der Waals surface area contributed by atoms with Gasteiger partial charge in [0.1, 0.15) is 0 Å². The summed E-state index contributed by atoms with van der Waals surface area (Å²) >= 11 is 0. The molecule has 2 rings (SSSR count). The maximum Gasteiger partial charge on any atom is 0.416 e. The maximum atomic E-state index is 12.6. The lowest BCUT2D eigenvalue weighted by Crippen LogP contribution is -2.26. The van der Waals surface area contributed by atoms with E-state index in [2.05, 4.69) is 20.8 Å². The number of nitrogens with one attached hydrogen (secondary N) is 2. The molecule has 126 valence electrons. The Hall–Kier alpha value is -2.90. The molecule has 0 radical (unpaired) electrons. The molecule has 0 atom stereocenters. The molecule has 1 amide bonds. The largest absolute Gasteiger partial charge is 0.416 e. The first-order chi connectivity index (χ1) is 11.4. The minimum Gasteiger partial charge on any atom is -0.376 e. The smallest absolute Gasteiger partial charge is 0.376 e. The summed E-state index contributed by atoms with van der Waals surface area (Å²) in [5.74, 6) is -0.476. The van der Waals surface area contributed by atoms with Crippen LogP contribution in [0.25, 0.3) is 0 Å². The zero-order valence-electron chi connectivity index (χ0n) is 12.8. The molecule has 1 aromatic heterocycles. The highest BCUT2D eigenvalue weighted by Gasteiger charge is 2.30. The van der Waals surface area contributed by atoms with Crippen molar-refractivity contribution in [2.75, 3.05) is 11.9 Å². The summed E-state index contributed by atoms with van der Waals surface area (Å²) in [7, 11) is 0. The lowest BCUT2D eigenvalue weighted by atomic mass is 10.2. The second-order valence-corrected chi connectivity index (χ2v) is 4.91. The maximum absolute atomic E-state index is 12.6. The van der Waals surface area contributed by atoms with Gasteiger partial charge < -0.3 is 5.32 Å². The molecule has 5 nitrogen and oxygen atoms in total. The number of carbonyl (C=O) groups is 1. The SMILES string of the molecule is C/C(=N/NC(=O)CNc1cccc(C(F)(F)F)c1)c1cccnc1. The van der Waals surface area contributed by atoms with Crippen molar-refractivity contribution in [2.24, 2.45) is 5.10 Å². The highest BCUT2D eigenvalue weighted by molar-refractivity contribution is 5.99. The molecule has 0 spiro atoms. The Balaban J connectivity index is 1.90. The van der Waals surface area contributed by atoms with Crippen LogP contribution < -0.4 is 10.7 Å². The number of hydrogen-bond donors (Lipinski definition) is 2. The van der Waals surface area contributed by atoms with Gasteiger partial charge in [-0.2, -0.15) is 18.3 Å². The molecule has 0 fully saturated rings. The molecule has 1 aromatic carbocycles. The number of anilines is 1. The number of benzene rings is 1. The molecule has 0 saturated heterocycles. The summed E-state index contributed by atoms with van der Waals surface area (Å²) in [5, 5.41) is 6.55. The Morgan fingerprint density at radius 2 is 2.04 bits per heavy atom. The van der Waals surface area contributed by atoms with Gasteiger partial charge in [0.2, 0.25) is 0 Å². The van der Waals surface area contributed by atoms with Crippen LogP contribution in [0.5, 0.6) is 0 Å². The van der Waals surface area contributed by atoms with Gasteiger partial charge in [-0.3, -0.25) is 9.78 Å². The van der Waals surface area contributed by atoms with E-state index in [0.717, 1.165) is 17.7 Å². The fourth-order valence-electron chi connectivity index (χ4n) is 1.81. The van der Waals surface area contributed by atoms with Gasteiger partial charge in [-0.05, 0) is 31.2 Å². The van der Waals surface area contributed by atoms with Gasteiger partial charge in [-0.1, -0.05) is 12.1 Å². The standard InChI is InChI=1S/C16H15F3N4O/c1-11(12-4-3-7-20-9-12)22-23-15(24)10-21-14-6-2-5-13(8-14)16(17,18)19/h2-9,21H,10H2,1H3,(H,23,24)/b22-11-. The molecule has 2 aromatic rings. The number of hydrazone groups is 1. The van der Waals surface area contributed by atoms with Crippen molar-refractivity contribution in [1.82, 2.24) is 10.4 Å². The molecule has 1 heterocycles. The summed E-state index contributed by atoms with van der Waals surface area (Å²) in [6.07, 6.45) is -1.20. The van der Waals surface area contributed by atoms with Gasteiger partial charge in [-0.15, -0.1) is 0 Å². The van der Waals surface area contributed by atoms with E-state index in [1.807, 2.05) is 0 Å². The van der Waals surface area contributed by atoms with Crippen LogP contribution >= 0.6 is 0 Å². The molecule has 8 heteroatoms. The second-order valence-electron chi connectivity index (χ2n) is 4.91. The Morgan fingerprint density at radius 3 is 2.71 bits per heavy atom. The quantitative estimate of drug-likeness (QED) is 0.651. The predicted octanol–water partition coefficient (Wildman–Crippen LogP) is 3.05. The van der Waals surface area contributed by atoms with Crippen molar-refractivity contribution in [2.45, 2.75) is 13.1 Å². The lowest BCUT2D eigenvalue weighted by Gasteiger charge is -2.10. The first kappa shape index (κ1) is 17.5. The van der Waals surface area contributed by atoms with E-state index in [1.165, 1.54) is 12.1 Å². The number of carbonyl (C=O) groups excluding carboxylic acids is 1. The Labute approximate surface area is 136 Å². The van der Waals surface area contributed by atoms with E-state index in [9.17, 15) is 18.0 Å². The molecule has 0 aliphatic heterocycles. The van der Waals surface area contributed by atoms with E-state index in [4.69, 9.17) is 0 Å². The fraction of sp³-hybridized carbons (Fsp3) is 0.188. The molecule has 24 heavy (non-hydrogen) atoms. The monoisotopic (exact) mass is 336 g/mol. The number of rotatable bonds is 5. The fourth-order valence-corrected chi connectivity index (χ4v) is 1.81. The average Bonchev–Trinajstić information content (AvgIpc) is 2.58. The van der Waals surface area contributed by atoms with Gasteiger partial charge in [0.05, 0.1) is 17.8 Å². The topological polar surface area (TPSA) is 66.4 Å². The summed E-state index contributed by atoms with van der Waals surface area (Å²) in [4.78, 5) is 15.7. The normalized spacial score (nSPS) is 11.9. The first-order valence-electron chi connectivity index (χ1n) is 7.01. The van der Waals surface area contributed by atoms with Crippen LogP contribution in [-0.4, -0.2) is 23.1 Å². The molecule has 0 saturated carbocycles. The third-order valence-corrected chi connectivity index (χ3v) is 3.07. The Kier molecular flexibility index (Phi) is 5.51. The molecule has 0 aliphatic carbocycles. The second kappa shape index (κ2) is 7.58. The number of aromatic nitrogens is 1. The van der Waals surface area contributed by atoms with Gasteiger partial charge >= 0.3 is 6.18 Å². The van der Waals surface area contributed by atoms with E-state index >= 15 is 0 Å². The van der Waals surface area contributed by atoms with Crippen molar-refractivity contribution in [1.29, 1.82) is 0 Å². The van der Waals surface area contributed by atoms with Crippen molar-refractivity contribution < 1.29 is 18.0 Å². The molecular weight excluding hydrogens is 321 g/mol.